The number of likely N-dealkylation sites (tertiary alicyclic amines) is 1. The van der Waals surface area contributed by atoms with E-state index in [1.807, 2.05) is 25.1 Å². The molecule has 20 heavy (non-hydrogen) atoms. The highest BCUT2D eigenvalue weighted by Gasteiger charge is 2.30. The van der Waals surface area contributed by atoms with E-state index in [0.717, 1.165) is 31.4 Å². The molecule has 0 radical (unpaired) electrons. The third kappa shape index (κ3) is 3.66. The van der Waals surface area contributed by atoms with Crippen LogP contribution in [0.25, 0.3) is 0 Å². The molecule has 1 unspecified atom stereocenters. The number of halogens is 2. The van der Waals surface area contributed by atoms with Gasteiger partial charge in [-0.05, 0) is 38.4 Å². The average molecular weight is 316 g/mol. The Bertz CT molecular complexity index is 459. The summed E-state index contributed by atoms with van der Waals surface area (Å²) < 4.78 is 5.16. The van der Waals surface area contributed by atoms with E-state index >= 15 is 0 Å². The highest BCUT2D eigenvalue weighted by molar-refractivity contribution is 6.35. The fourth-order valence-corrected chi connectivity index (χ4v) is 3.09. The first-order chi connectivity index (χ1) is 9.63. The van der Waals surface area contributed by atoms with Gasteiger partial charge in [-0.2, -0.15) is 0 Å². The predicted octanol–water partition coefficient (Wildman–Crippen LogP) is 3.91. The molecule has 5 heteroatoms. The van der Waals surface area contributed by atoms with Crippen molar-refractivity contribution in [1.29, 1.82) is 0 Å². The Balaban J connectivity index is 2.14. The number of benzene rings is 1. The van der Waals surface area contributed by atoms with Crippen molar-refractivity contribution in [2.45, 2.75) is 38.8 Å². The number of hydrogen-bond donors (Lipinski definition) is 0. The molecule has 1 aliphatic heterocycles. The van der Waals surface area contributed by atoms with Crippen LogP contribution in [0, 0.1) is 0 Å². The molecule has 1 aromatic rings. The molecule has 0 spiro atoms. The minimum absolute atomic E-state index is 0.143. The van der Waals surface area contributed by atoms with Crippen LogP contribution >= 0.6 is 23.2 Å². The Kier molecular flexibility index (Phi) is 5.70. The van der Waals surface area contributed by atoms with E-state index in [1.54, 1.807) is 0 Å². The van der Waals surface area contributed by atoms with Crippen molar-refractivity contribution in [1.82, 2.24) is 4.90 Å². The minimum atomic E-state index is -0.184. The van der Waals surface area contributed by atoms with Gasteiger partial charge in [0.25, 0.3) is 0 Å². The minimum Gasteiger partial charge on any atom is -0.465 e. The van der Waals surface area contributed by atoms with E-state index in [1.165, 1.54) is 0 Å². The number of ether oxygens (including phenoxy) is 1. The molecule has 0 aliphatic carbocycles. The quantitative estimate of drug-likeness (QED) is 0.789. The average Bonchev–Trinajstić information content (AvgIpc) is 2.44. The Labute approximate surface area is 129 Å². The molecule has 1 aliphatic rings. The Morgan fingerprint density at radius 1 is 1.35 bits per heavy atom. The van der Waals surface area contributed by atoms with Crippen molar-refractivity contribution in [2.24, 2.45) is 0 Å². The summed E-state index contributed by atoms with van der Waals surface area (Å²) in [5, 5.41) is 1.29. The predicted molar refractivity (Wildman–Crippen MR) is 81.1 cm³/mol. The second-order valence-corrected chi connectivity index (χ2v) is 5.75. The molecule has 3 nitrogen and oxygen atoms in total. The molecule has 1 saturated heterocycles. The Morgan fingerprint density at radius 3 is 2.70 bits per heavy atom. The lowest BCUT2D eigenvalue weighted by atomic mass is 10.0. The van der Waals surface area contributed by atoms with Crippen molar-refractivity contribution in [3.63, 3.8) is 0 Å². The first-order valence-corrected chi connectivity index (χ1v) is 7.72. The van der Waals surface area contributed by atoms with Gasteiger partial charge >= 0.3 is 5.97 Å². The van der Waals surface area contributed by atoms with Gasteiger partial charge in [0.1, 0.15) is 6.04 Å². The summed E-state index contributed by atoms with van der Waals surface area (Å²) in [6.07, 6.45) is 2.97. The first-order valence-electron chi connectivity index (χ1n) is 6.97. The maximum absolute atomic E-state index is 12.0. The summed E-state index contributed by atoms with van der Waals surface area (Å²) in [5.74, 6) is -0.143. The molecule has 0 N–H and O–H groups in total. The van der Waals surface area contributed by atoms with E-state index in [9.17, 15) is 4.79 Å². The maximum Gasteiger partial charge on any atom is 0.323 e. The number of esters is 1. The van der Waals surface area contributed by atoms with Gasteiger partial charge in [-0.15, -0.1) is 0 Å². The van der Waals surface area contributed by atoms with Crippen LogP contribution in [0.4, 0.5) is 0 Å². The van der Waals surface area contributed by atoms with Crippen LogP contribution in [0.5, 0.6) is 0 Å². The van der Waals surface area contributed by atoms with Crippen molar-refractivity contribution in [2.75, 3.05) is 13.2 Å². The van der Waals surface area contributed by atoms with Gasteiger partial charge in [-0.25, -0.2) is 0 Å². The lowest BCUT2D eigenvalue weighted by molar-refractivity contribution is -0.151. The second-order valence-electron chi connectivity index (χ2n) is 4.93. The lowest BCUT2D eigenvalue weighted by Gasteiger charge is -2.34. The smallest absolute Gasteiger partial charge is 0.323 e. The molecule has 1 heterocycles. The van der Waals surface area contributed by atoms with Crippen molar-refractivity contribution < 1.29 is 9.53 Å². The number of piperidine rings is 1. The van der Waals surface area contributed by atoms with E-state index in [-0.39, 0.29) is 12.0 Å². The van der Waals surface area contributed by atoms with Gasteiger partial charge in [0, 0.05) is 22.2 Å². The van der Waals surface area contributed by atoms with Crippen LogP contribution in [0.1, 0.15) is 31.7 Å². The summed E-state index contributed by atoms with van der Waals surface area (Å²) in [7, 11) is 0. The number of hydrogen-bond acceptors (Lipinski definition) is 3. The van der Waals surface area contributed by atoms with Crippen molar-refractivity contribution in [3.05, 3.63) is 33.8 Å². The molecule has 0 bridgehead atoms. The molecular formula is C15H19Cl2NO2. The van der Waals surface area contributed by atoms with Crippen molar-refractivity contribution >= 4 is 29.2 Å². The van der Waals surface area contributed by atoms with Crippen molar-refractivity contribution in [3.8, 4) is 0 Å². The van der Waals surface area contributed by atoms with Gasteiger partial charge in [0.15, 0.2) is 0 Å². The van der Waals surface area contributed by atoms with Crippen LogP contribution in [0.3, 0.4) is 0 Å². The SMILES string of the molecule is CCOC(=O)C1CCCCN1Cc1c(Cl)cccc1Cl. The summed E-state index contributed by atoms with van der Waals surface area (Å²) in [4.78, 5) is 14.2. The highest BCUT2D eigenvalue weighted by atomic mass is 35.5. The zero-order valence-corrected chi connectivity index (χ0v) is 13.1. The third-order valence-electron chi connectivity index (χ3n) is 3.60. The number of carbonyl (C=O) groups is 1. The molecule has 1 fully saturated rings. The van der Waals surface area contributed by atoms with Crippen LogP contribution in [0.15, 0.2) is 18.2 Å². The lowest BCUT2D eigenvalue weighted by Crippen LogP contribution is -2.45. The van der Waals surface area contributed by atoms with Gasteiger partial charge in [0.2, 0.25) is 0 Å². The van der Waals surface area contributed by atoms with E-state index in [0.29, 0.717) is 23.2 Å². The molecule has 1 aromatic carbocycles. The van der Waals surface area contributed by atoms with Crippen LogP contribution in [-0.4, -0.2) is 30.1 Å². The fourth-order valence-electron chi connectivity index (χ4n) is 2.57. The summed E-state index contributed by atoms with van der Waals surface area (Å²) in [6, 6.07) is 5.29. The van der Waals surface area contributed by atoms with Gasteiger partial charge < -0.3 is 4.74 Å². The van der Waals surface area contributed by atoms with Gasteiger partial charge in [0.05, 0.1) is 6.61 Å². The van der Waals surface area contributed by atoms with Gasteiger partial charge in [-0.3, -0.25) is 9.69 Å². The summed E-state index contributed by atoms with van der Waals surface area (Å²) in [5.41, 5.74) is 0.882. The zero-order valence-electron chi connectivity index (χ0n) is 11.6. The van der Waals surface area contributed by atoms with E-state index < -0.39 is 0 Å². The maximum atomic E-state index is 12.0. The van der Waals surface area contributed by atoms with Gasteiger partial charge in [-0.1, -0.05) is 35.7 Å². The highest BCUT2D eigenvalue weighted by Crippen LogP contribution is 2.28. The largest absolute Gasteiger partial charge is 0.465 e. The number of nitrogens with zero attached hydrogens (tertiary/aromatic N) is 1. The summed E-state index contributed by atoms with van der Waals surface area (Å²) in [6.45, 7) is 3.69. The van der Waals surface area contributed by atoms with Crippen LogP contribution in [0.2, 0.25) is 10.0 Å². The Hall–Kier alpha value is -0.770. The molecule has 0 amide bonds. The van der Waals surface area contributed by atoms with E-state index in [2.05, 4.69) is 4.90 Å². The number of rotatable bonds is 4. The monoisotopic (exact) mass is 315 g/mol. The molecule has 0 aromatic heterocycles. The molecular weight excluding hydrogens is 297 g/mol. The summed E-state index contributed by atoms with van der Waals surface area (Å²) >= 11 is 12.4. The number of carbonyl (C=O) groups excluding carboxylic acids is 1. The molecule has 0 saturated carbocycles. The fraction of sp³-hybridized carbons (Fsp3) is 0.533. The standard InChI is InChI=1S/C15H19Cl2NO2/c1-2-20-15(19)14-8-3-4-9-18(14)10-11-12(16)6-5-7-13(11)17/h5-7,14H,2-4,8-10H2,1H3. The second kappa shape index (κ2) is 7.30. The Morgan fingerprint density at radius 2 is 2.05 bits per heavy atom. The zero-order chi connectivity index (χ0) is 14.5. The van der Waals surface area contributed by atoms with Crippen LogP contribution < -0.4 is 0 Å². The normalized spacial score (nSPS) is 19.9. The van der Waals surface area contributed by atoms with E-state index in [4.69, 9.17) is 27.9 Å². The first kappa shape index (κ1) is 15.6. The molecule has 1 atom stereocenters. The molecule has 110 valence electrons. The third-order valence-corrected chi connectivity index (χ3v) is 4.30. The van der Waals surface area contributed by atoms with Crippen LogP contribution in [-0.2, 0) is 16.1 Å². The topological polar surface area (TPSA) is 29.5 Å². The molecule has 2 rings (SSSR count).